The highest BCUT2D eigenvalue weighted by molar-refractivity contribution is 7.25. The molecule has 0 saturated carbocycles. The zero-order valence-corrected chi connectivity index (χ0v) is 11.5. The number of nitrogens with zero attached hydrogens (tertiary/aromatic N) is 3. The first-order valence-electron chi connectivity index (χ1n) is 6.29. The number of amides is 1. The molecule has 0 aliphatic carbocycles. The molecule has 0 saturated heterocycles. The predicted octanol–water partition coefficient (Wildman–Crippen LogP) is 1.79. The second kappa shape index (κ2) is 5.79. The fraction of sp³-hybridized carbons (Fsp3) is 0.231. The van der Waals surface area contributed by atoms with E-state index >= 15 is 0 Å². The molecular formula is C13H13N5OS. The van der Waals surface area contributed by atoms with Gasteiger partial charge < -0.3 is 10.6 Å². The minimum atomic E-state index is 0.651. The molecule has 0 bridgehead atoms. The van der Waals surface area contributed by atoms with Gasteiger partial charge in [-0.2, -0.15) is 0 Å². The molecule has 0 aromatic carbocycles. The van der Waals surface area contributed by atoms with Crippen LogP contribution in [0, 0.1) is 0 Å². The summed E-state index contributed by atoms with van der Waals surface area (Å²) < 4.78 is 1.02. The molecule has 0 fully saturated rings. The van der Waals surface area contributed by atoms with Crippen LogP contribution in [0.4, 0.5) is 5.82 Å². The quantitative estimate of drug-likeness (QED) is 0.533. The van der Waals surface area contributed by atoms with Crippen molar-refractivity contribution in [2.45, 2.75) is 6.42 Å². The van der Waals surface area contributed by atoms with Gasteiger partial charge in [-0.3, -0.25) is 4.79 Å². The van der Waals surface area contributed by atoms with Gasteiger partial charge in [0.25, 0.3) is 0 Å². The van der Waals surface area contributed by atoms with Gasteiger partial charge in [0.1, 0.15) is 17.0 Å². The number of hydrogen-bond acceptors (Lipinski definition) is 6. The molecule has 0 aliphatic heterocycles. The van der Waals surface area contributed by atoms with Crippen molar-refractivity contribution in [3.63, 3.8) is 0 Å². The first-order chi connectivity index (χ1) is 9.90. The lowest BCUT2D eigenvalue weighted by molar-refractivity contribution is -0.109. The average molecular weight is 287 g/mol. The van der Waals surface area contributed by atoms with Gasteiger partial charge in [0.2, 0.25) is 6.41 Å². The van der Waals surface area contributed by atoms with Crippen molar-refractivity contribution in [1.82, 2.24) is 20.3 Å². The van der Waals surface area contributed by atoms with Crippen molar-refractivity contribution in [1.29, 1.82) is 0 Å². The number of anilines is 1. The Morgan fingerprint density at radius 1 is 1.25 bits per heavy atom. The topological polar surface area (TPSA) is 79.8 Å². The Balaban J connectivity index is 1.86. The van der Waals surface area contributed by atoms with E-state index in [1.54, 1.807) is 23.9 Å². The van der Waals surface area contributed by atoms with Crippen LogP contribution in [-0.2, 0) is 4.79 Å². The van der Waals surface area contributed by atoms with Gasteiger partial charge >= 0.3 is 0 Å². The maximum atomic E-state index is 10.2. The minimum absolute atomic E-state index is 0.651. The fourth-order valence-corrected chi connectivity index (χ4v) is 3.06. The van der Waals surface area contributed by atoms with Crippen LogP contribution >= 0.6 is 11.3 Å². The van der Waals surface area contributed by atoms with Gasteiger partial charge in [-0.25, -0.2) is 15.0 Å². The van der Waals surface area contributed by atoms with Crippen molar-refractivity contribution in [2.75, 3.05) is 18.4 Å². The van der Waals surface area contributed by atoms with Crippen LogP contribution in [0.3, 0.4) is 0 Å². The Bertz CT molecular complexity index is 742. The van der Waals surface area contributed by atoms with Crippen molar-refractivity contribution in [3.8, 4) is 0 Å². The summed E-state index contributed by atoms with van der Waals surface area (Å²) in [5.41, 5.74) is 0.932. The maximum Gasteiger partial charge on any atom is 0.207 e. The number of carbonyl (C=O) groups excluding carboxylic acids is 1. The summed E-state index contributed by atoms with van der Waals surface area (Å²) in [4.78, 5) is 24.1. The molecule has 1 amide bonds. The molecule has 0 radical (unpaired) electrons. The van der Waals surface area contributed by atoms with Gasteiger partial charge in [-0.05, 0) is 18.6 Å². The van der Waals surface area contributed by atoms with E-state index in [2.05, 4.69) is 25.6 Å². The normalized spacial score (nSPS) is 10.8. The smallest absolute Gasteiger partial charge is 0.207 e. The standard InChI is InChI=1S/C13H13N5OS/c19-8-14-4-2-6-15-12-11-10(17-7-18-12)9-3-1-5-16-13(9)20-11/h1,3,5,7-8H,2,4,6H2,(H,14,19)(H,15,17,18). The van der Waals surface area contributed by atoms with E-state index in [4.69, 9.17) is 0 Å². The van der Waals surface area contributed by atoms with Crippen molar-refractivity contribution < 1.29 is 4.79 Å². The maximum absolute atomic E-state index is 10.2. The lowest BCUT2D eigenvalue weighted by Gasteiger charge is -2.05. The lowest BCUT2D eigenvalue weighted by atomic mass is 10.3. The summed E-state index contributed by atoms with van der Waals surface area (Å²) in [6.07, 6.45) is 4.89. The molecule has 0 atom stereocenters. The molecular weight excluding hydrogens is 274 g/mol. The van der Waals surface area contributed by atoms with Crippen LogP contribution in [0.5, 0.6) is 0 Å². The lowest BCUT2D eigenvalue weighted by Crippen LogP contribution is -2.16. The third-order valence-corrected chi connectivity index (χ3v) is 4.01. The third kappa shape index (κ3) is 2.39. The summed E-state index contributed by atoms with van der Waals surface area (Å²) in [6, 6.07) is 3.93. The largest absolute Gasteiger partial charge is 0.369 e. The second-order valence-corrected chi connectivity index (χ2v) is 5.21. The highest BCUT2D eigenvalue weighted by atomic mass is 32.1. The number of pyridine rings is 1. The van der Waals surface area contributed by atoms with Crippen LogP contribution in [0.1, 0.15) is 6.42 Å². The van der Waals surface area contributed by atoms with E-state index in [1.807, 2.05) is 12.1 Å². The molecule has 0 aliphatic rings. The fourth-order valence-electron chi connectivity index (χ4n) is 1.99. The zero-order valence-electron chi connectivity index (χ0n) is 10.7. The number of thiophene rings is 1. The molecule has 0 unspecified atom stereocenters. The summed E-state index contributed by atoms with van der Waals surface area (Å²) in [6.45, 7) is 1.40. The summed E-state index contributed by atoms with van der Waals surface area (Å²) in [5.74, 6) is 0.823. The van der Waals surface area contributed by atoms with E-state index in [0.717, 1.165) is 39.2 Å². The van der Waals surface area contributed by atoms with Gasteiger partial charge in [0.15, 0.2) is 0 Å². The first kappa shape index (κ1) is 12.7. The monoisotopic (exact) mass is 287 g/mol. The second-order valence-electron chi connectivity index (χ2n) is 4.21. The SMILES string of the molecule is O=CNCCCNc1ncnc2c1sc1ncccc12. The number of nitrogens with one attached hydrogen (secondary N) is 2. The van der Waals surface area contributed by atoms with Crippen LogP contribution < -0.4 is 10.6 Å². The molecule has 0 spiro atoms. The van der Waals surface area contributed by atoms with Crippen molar-refractivity contribution in [2.24, 2.45) is 0 Å². The molecule has 6 nitrogen and oxygen atoms in total. The molecule has 3 rings (SSSR count). The highest BCUT2D eigenvalue weighted by Gasteiger charge is 2.10. The van der Waals surface area contributed by atoms with E-state index in [9.17, 15) is 4.79 Å². The Morgan fingerprint density at radius 2 is 2.20 bits per heavy atom. The average Bonchev–Trinajstić information content (AvgIpc) is 2.87. The highest BCUT2D eigenvalue weighted by Crippen LogP contribution is 2.34. The molecule has 102 valence electrons. The van der Waals surface area contributed by atoms with Gasteiger partial charge in [-0.15, -0.1) is 11.3 Å². The van der Waals surface area contributed by atoms with E-state index in [0.29, 0.717) is 13.0 Å². The van der Waals surface area contributed by atoms with Gasteiger partial charge in [-0.1, -0.05) is 0 Å². The molecule has 2 N–H and O–H groups in total. The number of fused-ring (bicyclic) bond motifs is 3. The van der Waals surface area contributed by atoms with Crippen molar-refractivity contribution in [3.05, 3.63) is 24.7 Å². The van der Waals surface area contributed by atoms with Crippen molar-refractivity contribution >= 4 is 44.0 Å². The number of carbonyl (C=O) groups is 1. The summed E-state index contributed by atoms with van der Waals surface area (Å²) >= 11 is 1.59. The summed E-state index contributed by atoms with van der Waals surface area (Å²) in [7, 11) is 0. The molecule has 20 heavy (non-hydrogen) atoms. The van der Waals surface area contributed by atoms with Crippen LogP contribution in [0.2, 0.25) is 0 Å². The van der Waals surface area contributed by atoms with Crippen LogP contribution in [0.25, 0.3) is 20.4 Å². The first-order valence-corrected chi connectivity index (χ1v) is 7.11. The minimum Gasteiger partial charge on any atom is -0.369 e. The molecule has 3 heterocycles. The zero-order chi connectivity index (χ0) is 13.8. The Morgan fingerprint density at radius 3 is 3.10 bits per heavy atom. The number of rotatable bonds is 6. The van der Waals surface area contributed by atoms with E-state index in [1.165, 1.54) is 0 Å². The van der Waals surface area contributed by atoms with Gasteiger partial charge in [0.05, 0.1) is 10.2 Å². The van der Waals surface area contributed by atoms with Crippen LogP contribution in [0.15, 0.2) is 24.7 Å². The molecule has 7 heteroatoms. The molecule has 3 aromatic heterocycles. The number of hydrogen-bond donors (Lipinski definition) is 2. The Hall–Kier alpha value is -2.28. The predicted molar refractivity (Wildman–Crippen MR) is 79.9 cm³/mol. The van der Waals surface area contributed by atoms with E-state index in [-0.39, 0.29) is 0 Å². The van der Waals surface area contributed by atoms with E-state index < -0.39 is 0 Å². The van der Waals surface area contributed by atoms with Gasteiger partial charge in [0, 0.05) is 24.7 Å². The Labute approximate surface area is 119 Å². The summed E-state index contributed by atoms with van der Waals surface area (Å²) in [5, 5.41) is 6.97. The van der Waals surface area contributed by atoms with Crippen LogP contribution in [-0.4, -0.2) is 34.5 Å². The number of aromatic nitrogens is 3. The third-order valence-electron chi connectivity index (χ3n) is 2.90. The molecule has 3 aromatic rings. The Kier molecular flexibility index (Phi) is 3.69.